The predicted molar refractivity (Wildman–Crippen MR) is 72.1 cm³/mol. The minimum atomic E-state index is -0.498. The van der Waals surface area contributed by atoms with Gasteiger partial charge in [0, 0.05) is 6.04 Å². The lowest BCUT2D eigenvalue weighted by Crippen LogP contribution is -2.35. The van der Waals surface area contributed by atoms with Crippen molar-refractivity contribution in [3.63, 3.8) is 0 Å². The number of nitrogens with one attached hydrogen (secondary N) is 2. The SMILES string of the molecule is O=C(NC1CCCNCC1)c1cccc(Br)c1F. The first-order valence-corrected chi connectivity index (χ1v) is 6.93. The topological polar surface area (TPSA) is 41.1 Å². The molecule has 0 bridgehead atoms. The fourth-order valence-electron chi connectivity index (χ4n) is 2.11. The molecule has 98 valence electrons. The standard InChI is InChI=1S/C13H16BrFN2O/c14-11-5-1-4-10(12(11)15)13(18)17-9-3-2-7-16-8-6-9/h1,4-5,9,16H,2-3,6-8H2,(H,17,18). The van der Waals surface area contributed by atoms with Crippen molar-refractivity contribution in [1.82, 2.24) is 10.6 Å². The van der Waals surface area contributed by atoms with Gasteiger partial charge in [0.2, 0.25) is 0 Å². The molecule has 1 saturated heterocycles. The summed E-state index contributed by atoms with van der Waals surface area (Å²) in [5.74, 6) is -0.831. The summed E-state index contributed by atoms with van der Waals surface area (Å²) in [7, 11) is 0. The first-order valence-electron chi connectivity index (χ1n) is 6.14. The molecular weight excluding hydrogens is 299 g/mol. The van der Waals surface area contributed by atoms with Crippen LogP contribution in [0.3, 0.4) is 0 Å². The first kappa shape index (κ1) is 13.5. The number of rotatable bonds is 2. The Hall–Kier alpha value is -0.940. The van der Waals surface area contributed by atoms with Gasteiger partial charge >= 0.3 is 0 Å². The maximum atomic E-state index is 13.8. The Bertz CT molecular complexity index is 431. The van der Waals surface area contributed by atoms with E-state index in [0.29, 0.717) is 4.47 Å². The van der Waals surface area contributed by atoms with Crippen LogP contribution in [-0.4, -0.2) is 25.0 Å². The summed E-state index contributed by atoms with van der Waals surface area (Å²) >= 11 is 3.09. The van der Waals surface area contributed by atoms with Crippen molar-refractivity contribution in [2.45, 2.75) is 25.3 Å². The van der Waals surface area contributed by atoms with Crippen LogP contribution in [0.4, 0.5) is 4.39 Å². The third-order valence-electron chi connectivity index (χ3n) is 3.11. The van der Waals surface area contributed by atoms with Crippen molar-refractivity contribution >= 4 is 21.8 Å². The lowest BCUT2D eigenvalue weighted by Gasteiger charge is -2.16. The van der Waals surface area contributed by atoms with Gasteiger partial charge in [-0.3, -0.25) is 4.79 Å². The molecule has 2 N–H and O–H groups in total. The highest BCUT2D eigenvalue weighted by atomic mass is 79.9. The van der Waals surface area contributed by atoms with Crippen molar-refractivity contribution < 1.29 is 9.18 Å². The second-order valence-corrected chi connectivity index (χ2v) is 5.31. The molecule has 18 heavy (non-hydrogen) atoms. The van der Waals surface area contributed by atoms with Gasteiger partial charge in [0.05, 0.1) is 10.0 Å². The third kappa shape index (κ3) is 3.29. The molecule has 1 aromatic carbocycles. The van der Waals surface area contributed by atoms with Crippen LogP contribution in [0.25, 0.3) is 0 Å². The van der Waals surface area contributed by atoms with Crippen LogP contribution >= 0.6 is 15.9 Å². The van der Waals surface area contributed by atoms with Gasteiger partial charge < -0.3 is 10.6 Å². The van der Waals surface area contributed by atoms with Crippen LogP contribution in [0.15, 0.2) is 22.7 Å². The van der Waals surface area contributed by atoms with Gasteiger partial charge in [-0.15, -0.1) is 0 Å². The van der Waals surface area contributed by atoms with E-state index in [1.807, 2.05) is 0 Å². The number of benzene rings is 1. The number of halogens is 2. The smallest absolute Gasteiger partial charge is 0.254 e. The second kappa shape index (κ2) is 6.29. The van der Waals surface area contributed by atoms with Crippen LogP contribution in [0, 0.1) is 5.82 Å². The van der Waals surface area contributed by atoms with Crippen LogP contribution < -0.4 is 10.6 Å². The van der Waals surface area contributed by atoms with Crippen molar-refractivity contribution in [2.75, 3.05) is 13.1 Å². The first-order chi connectivity index (χ1) is 8.68. The van der Waals surface area contributed by atoms with E-state index in [1.54, 1.807) is 12.1 Å². The zero-order chi connectivity index (χ0) is 13.0. The Labute approximate surface area is 114 Å². The van der Waals surface area contributed by atoms with Crippen LogP contribution in [0.2, 0.25) is 0 Å². The summed E-state index contributed by atoms with van der Waals surface area (Å²) in [5.41, 5.74) is 0.0987. The molecule has 1 heterocycles. The number of hydrogen-bond donors (Lipinski definition) is 2. The van der Waals surface area contributed by atoms with Gasteiger partial charge in [0.15, 0.2) is 0 Å². The lowest BCUT2D eigenvalue weighted by molar-refractivity contribution is 0.0930. The predicted octanol–water partition coefficient (Wildman–Crippen LogP) is 2.46. The van der Waals surface area contributed by atoms with E-state index in [2.05, 4.69) is 26.6 Å². The molecule has 5 heteroatoms. The molecule has 3 nitrogen and oxygen atoms in total. The van der Waals surface area contributed by atoms with Gasteiger partial charge in [0.25, 0.3) is 5.91 Å². The van der Waals surface area contributed by atoms with Gasteiger partial charge in [-0.25, -0.2) is 4.39 Å². The minimum absolute atomic E-state index is 0.0987. The summed E-state index contributed by atoms with van der Waals surface area (Å²) in [5, 5.41) is 6.18. The fraction of sp³-hybridized carbons (Fsp3) is 0.462. The number of carbonyl (C=O) groups is 1. The molecule has 0 spiro atoms. The molecule has 0 aromatic heterocycles. The Balaban J connectivity index is 2.04. The Morgan fingerprint density at radius 3 is 3.06 bits per heavy atom. The monoisotopic (exact) mass is 314 g/mol. The highest BCUT2D eigenvalue weighted by Crippen LogP contribution is 2.19. The fourth-order valence-corrected chi connectivity index (χ4v) is 2.47. The Kier molecular flexibility index (Phi) is 4.72. The zero-order valence-electron chi connectivity index (χ0n) is 10.0. The number of hydrogen-bond acceptors (Lipinski definition) is 2. The van der Waals surface area contributed by atoms with Gasteiger partial charge in [-0.05, 0) is 60.4 Å². The number of amides is 1. The molecule has 2 rings (SSSR count). The molecule has 0 saturated carbocycles. The highest BCUT2D eigenvalue weighted by molar-refractivity contribution is 9.10. The maximum absolute atomic E-state index is 13.8. The van der Waals surface area contributed by atoms with E-state index in [0.717, 1.165) is 32.4 Å². The van der Waals surface area contributed by atoms with E-state index in [1.165, 1.54) is 6.07 Å². The molecule has 1 atom stereocenters. The Morgan fingerprint density at radius 2 is 2.22 bits per heavy atom. The van der Waals surface area contributed by atoms with E-state index >= 15 is 0 Å². The highest BCUT2D eigenvalue weighted by Gasteiger charge is 2.18. The van der Waals surface area contributed by atoms with Crippen LogP contribution in [-0.2, 0) is 0 Å². The van der Waals surface area contributed by atoms with E-state index in [-0.39, 0.29) is 17.5 Å². The molecule has 1 aliphatic rings. The summed E-state index contributed by atoms with van der Waals surface area (Å²) in [6.07, 6.45) is 2.86. The van der Waals surface area contributed by atoms with E-state index in [9.17, 15) is 9.18 Å². The maximum Gasteiger partial charge on any atom is 0.254 e. The van der Waals surface area contributed by atoms with Crippen molar-refractivity contribution in [3.8, 4) is 0 Å². The molecule has 1 unspecified atom stereocenters. The van der Waals surface area contributed by atoms with Crippen molar-refractivity contribution in [1.29, 1.82) is 0 Å². The quantitative estimate of drug-likeness (QED) is 0.880. The lowest BCUT2D eigenvalue weighted by atomic mass is 10.1. The average molecular weight is 315 g/mol. The normalized spacial score (nSPS) is 20.2. The largest absolute Gasteiger partial charge is 0.349 e. The summed E-state index contributed by atoms with van der Waals surface area (Å²) in [4.78, 5) is 12.0. The van der Waals surface area contributed by atoms with E-state index in [4.69, 9.17) is 0 Å². The van der Waals surface area contributed by atoms with Crippen molar-refractivity contribution in [2.24, 2.45) is 0 Å². The molecule has 0 radical (unpaired) electrons. The molecule has 0 aliphatic carbocycles. The zero-order valence-corrected chi connectivity index (χ0v) is 11.6. The van der Waals surface area contributed by atoms with E-state index < -0.39 is 5.82 Å². The minimum Gasteiger partial charge on any atom is -0.349 e. The van der Waals surface area contributed by atoms with Crippen LogP contribution in [0.1, 0.15) is 29.6 Å². The number of carbonyl (C=O) groups excluding carboxylic acids is 1. The average Bonchev–Trinajstić information content (AvgIpc) is 2.61. The van der Waals surface area contributed by atoms with Crippen LogP contribution in [0.5, 0.6) is 0 Å². The molecule has 1 amide bonds. The molecule has 1 aliphatic heterocycles. The second-order valence-electron chi connectivity index (χ2n) is 4.45. The summed E-state index contributed by atoms with van der Waals surface area (Å²) in [6.45, 7) is 1.88. The Morgan fingerprint density at radius 1 is 1.39 bits per heavy atom. The van der Waals surface area contributed by atoms with Gasteiger partial charge in [0.1, 0.15) is 5.82 Å². The van der Waals surface area contributed by atoms with Gasteiger partial charge in [-0.1, -0.05) is 6.07 Å². The van der Waals surface area contributed by atoms with Gasteiger partial charge in [-0.2, -0.15) is 0 Å². The summed E-state index contributed by atoms with van der Waals surface area (Å²) in [6, 6.07) is 4.88. The summed E-state index contributed by atoms with van der Waals surface area (Å²) < 4.78 is 14.1. The van der Waals surface area contributed by atoms with Crippen molar-refractivity contribution in [3.05, 3.63) is 34.1 Å². The third-order valence-corrected chi connectivity index (χ3v) is 3.72. The molecule has 1 fully saturated rings. The molecule has 1 aromatic rings. The molecular formula is C13H16BrFN2O.